The van der Waals surface area contributed by atoms with Gasteiger partial charge in [0.1, 0.15) is 6.04 Å². The number of carbonyl (C=O) groups is 2. The van der Waals surface area contributed by atoms with Gasteiger partial charge in [-0.25, -0.2) is 8.42 Å². The average Bonchev–Trinajstić information content (AvgIpc) is 2.57. The zero-order valence-corrected chi connectivity index (χ0v) is 14.2. The number of hydrogen-bond donors (Lipinski definition) is 1. The molecule has 1 fully saturated rings. The highest BCUT2D eigenvalue weighted by Crippen LogP contribution is 2.23. The molecule has 1 aromatic rings. The van der Waals surface area contributed by atoms with Crippen molar-refractivity contribution in [3.8, 4) is 0 Å². The first-order chi connectivity index (χ1) is 11.8. The van der Waals surface area contributed by atoms with E-state index < -0.39 is 39.3 Å². The van der Waals surface area contributed by atoms with E-state index in [1.165, 1.54) is 0 Å². The number of esters is 1. The number of rotatable bonds is 6. The van der Waals surface area contributed by atoms with Gasteiger partial charge in [-0.3, -0.25) is 19.7 Å². The van der Waals surface area contributed by atoms with Crippen molar-refractivity contribution < 1.29 is 27.7 Å². The molecule has 0 radical (unpaired) electrons. The van der Waals surface area contributed by atoms with Gasteiger partial charge in [-0.05, 0) is 19.1 Å². The Morgan fingerprint density at radius 1 is 1.40 bits per heavy atom. The van der Waals surface area contributed by atoms with E-state index in [2.05, 4.69) is 5.32 Å². The van der Waals surface area contributed by atoms with Crippen LogP contribution >= 0.6 is 0 Å². The minimum absolute atomic E-state index is 0.0187. The lowest BCUT2D eigenvalue weighted by atomic mass is 10.1. The molecule has 1 unspecified atom stereocenters. The lowest BCUT2D eigenvalue weighted by Gasteiger charge is -2.33. The molecule has 1 aliphatic heterocycles. The van der Waals surface area contributed by atoms with Gasteiger partial charge in [0.2, 0.25) is 15.9 Å². The minimum atomic E-state index is -4.11. The van der Waals surface area contributed by atoms with Gasteiger partial charge in [0.15, 0.2) is 0 Å². The van der Waals surface area contributed by atoms with Crippen molar-refractivity contribution in [3.05, 3.63) is 34.4 Å². The van der Waals surface area contributed by atoms with Gasteiger partial charge in [0.05, 0.1) is 22.8 Å². The predicted octanol–water partition coefficient (Wildman–Crippen LogP) is 0.0371. The zero-order valence-electron chi connectivity index (χ0n) is 13.4. The third kappa shape index (κ3) is 4.12. The molecule has 0 spiro atoms. The lowest BCUT2D eigenvalue weighted by molar-refractivity contribution is -0.384. The van der Waals surface area contributed by atoms with Gasteiger partial charge >= 0.3 is 5.97 Å². The number of amides is 1. The van der Waals surface area contributed by atoms with Crippen molar-refractivity contribution in [1.82, 2.24) is 9.62 Å². The highest BCUT2D eigenvalue weighted by Gasteiger charge is 2.40. The van der Waals surface area contributed by atoms with Gasteiger partial charge < -0.3 is 10.1 Å². The number of nitrogens with zero attached hydrogens (tertiary/aromatic N) is 2. The number of hydrogen-bond acceptors (Lipinski definition) is 7. The normalized spacial score (nSPS) is 18.4. The van der Waals surface area contributed by atoms with Gasteiger partial charge in [-0.2, -0.15) is 4.31 Å². The maximum atomic E-state index is 12.8. The maximum absolute atomic E-state index is 12.8. The van der Waals surface area contributed by atoms with Gasteiger partial charge in [-0.1, -0.05) is 0 Å². The summed E-state index contributed by atoms with van der Waals surface area (Å²) in [7, 11) is -4.11. The van der Waals surface area contributed by atoms with Crippen LogP contribution < -0.4 is 5.32 Å². The number of sulfonamides is 1. The molecule has 2 rings (SSSR count). The summed E-state index contributed by atoms with van der Waals surface area (Å²) in [5.41, 5.74) is -0.251. The number of ether oxygens (including phenoxy) is 1. The highest BCUT2D eigenvalue weighted by molar-refractivity contribution is 7.89. The van der Waals surface area contributed by atoms with E-state index in [-0.39, 0.29) is 30.3 Å². The van der Waals surface area contributed by atoms with Gasteiger partial charge in [0, 0.05) is 25.2 Å². The van der Waals surface area contributed by atoms with E-state index in [1.54, 1.807) is 6.92 Å². The van der Waals surface area contributed by atoms with E-state index in [9.17, 15) is 28.1 Å². The van der Waals surface area contributed by atoms with Crippen LogP contribution in [0.5, 0.6) is 0 Å². The second-order valence-electron chi connectivity index (χ2n) is 5.18. The number of nitrogens with one attached hydrogen (secondary N) is 1. The van der Waals surface area contributed by atoms with Crippen LogP contribution in [0.15, 0.2) is 29.2 Å². The van der Waals surface area contributed by atoms with Gasteiger partial charge in [-0.15, -0.1) is 0 Å². The molecular formula is C14H17N3O7S. The van der Waals surface area contributed by atoms with Crippen molar-refractivity contribution in [1.29, 1.82) is 0 Å². The van der Waals surface area contributed by atoms with E-state index in [0.717, 1.165) is 28.6 Å². The number of non-ortho nitro benzene ring substituents is 1. The number of nitro groups is 1. The molecule has 1 atom stereocenters. The predicted molar refractivity (Wildman–Crippen MR) is 85.0 cm³/mol. The Bertz CT molecular complexity index is 776. The standard InChI is InChI=1S/C14H17N3O7S/c1-2-24-13(18)9-12-14(19)15-7-8-16(12)25(22,23)11-5-3-10(4-6-11)17(20)21/h3-6,12H,2,7-9H2,1H3,(H,15,19). The molecular weight excluding hydrogens is 354 g/mol. The van der Waals surface area contributed by atoms with Crippen LogP contribution in [0.2, 0.25) is 0 Å². The van der Waals surface area contributed by atoms with Crippen LogP contribution in [0.3, 0.4) is 0 Å². The second kappa shape index (κ2) is 7.57. The Balaban J connectivity index is 2.31. The van der Waals surface area contributed by atoms with E-state index in [0.29, 0.717) is 0 Å². The monoisotopic (exact) mass is 371 g/mol. The minimum Gasteiger partial charge on any atom is -0.466 e. The van der Waals surface area contributed by atoms with Crippen molar-refractivity contribution in [2.75, 3.05) is 19.7 Å². The summed E-state index contributed by atoms with van der Waals surface area (Å²) in [5, 5.41) is 13.2. The van der Waals surface area contributed by atoms with Crippen molar-refractivity contribution in [2.45, 2.75) is 24.3 Å². The number of carbonyl (C=O) groups excluding carboxylic acids is 2. The molecule has 0 aliphatic carbocycles. The summed E-state index contributed by atoms with van der Waals surface area (Å²) >= 11 is 0. The molecule has 0 saturated carbocycles. The van der Waals surface area contributed by atoms with E-state index >= 15 is 0 Å². The highest BCUT2D eigenvalue weighted by atomic mass is 32.2. The number of piperazine rings is 1. The first kappa shape index (κ1) is 18.8. The summed E-state index contributed by atoms with van der Waals surface area (Å²) in [5.74, 6) is -1.28. The molecule has 1 amide bonds. The smallest absolute Gasteiger partial charge is 0.307 e. The quantitative estimate of drug-likeness (QED) is 0.423. The fraction of sp³-hybridized carbons (Fsp3) is 0.429. The molecule has 25 heavy (non-hydrogen) atoms. The average molecular weight is 371 g/mol. The summed E-state index contributed by atoms with van der Waals surface area (Å²) in [6, 6.07) is 3.10. The summed E-state index contributed by atoms with van der Waals surface area (Å²) in [4.78, 5) is 33.6. The number of nitro benzene ring substituents is 1. The molecule has 1 aliphatic rings. The Labute approximate surface area is 144 Å². The molecule has 11 heteroatoms. The Morgan fingerprint density at radius 3 is 2.60 bits per heavy atom. The molecule has 0 aromatic heterocycles. The van der Waals surface area contributed by atoms with E-state index in [4.69, 9.17) is 4.74 Å². The van der Waals surface area contributed by atoms with Crippen molar-refractivity contribution >= 4 is 27.6 Å². The van der Waals surface area contributed by atoms with Crippen LogP contribution in [0.1, 0.15) is 13.3 Å². The second-order valence-corrected chi connectivity index (χ2v) is 7.07. The fourth-order valence-corrected chi connectivity index (χ4v) is 4.02. The van der Waals surface area contributed by atoms with Gasteiger partial charge in [0.25, 0.3) is 5.69 Å². The van der Waals surface area contributed by atoms with Crippen molar-refractivity contribution in [2.24, 2.45) is 0 Å². The van der Waals surface area contributed by atoms with Crippen LogP contribution in [0, 0.1) is 10.1 Å². The summed E-state index contributed by atoms with van der Waals surface area (Å²) in [6.45, 7) is 1.80. The van der Waals surface area contributed by atoms with Crippen LogP contribution in [0.4, 0.5) is 5.69 Å². The molecule has 136 valence electrons. The Kier molecular flexibility index (Phi) is 5.69. The molecule has 1 heterocycles. The third-order valence-electron chi connectivity index (χ3n) is 3.60. The molecule has 1 saturated heterocycles. The zero-order chi connectivity index (χ0) is 18.6. The van der Waals surface area contributed by atoms with Crippen molar-refractivity contribution in [3.63, 3.8) is 0 Å². The molecule has 10 nitrogen and oxygen atoms in total. The first-order valence-electron chi connectivity index (χ1n) is 7.47. The van der Waals surface area contributed by atoms with E-state index in [1.807, 2.05) is 0 Å². The maximum Gasteiger partial charge on any atom is 0.307 e. The summed E-state index contributed by atoms with van der Waals surface area (Å²) < 4.78 is 31.3. The summed E-state index contributed by atoms with van der Waals surface area (Å²) in [6.07, 6.45) is -0.411. The molecule has 1 N–H and O–H groups in total. The fourth-order valence-electron chi connectivity index (χ4n) is 2.43. The lowest BCUT2D eigenvalue weighted by Crippen LogP contribution is -2.57. The first-order valence-corrected chi connectivity index (χ1v) is 8.91. The Hall–Kier alpha value is -2.53. The van der Waals surface area contributed by atoms with Crippen LogP contribution in [-0.4, -0.2) is 55.3 Å². The third-order valence-corrected chi connectivity index (χ3v) is 5.52. The topological polar surface area (TPSA) is 136 Å². The molecule has 0 bridgehead atoms. The largest absolute Gasteiger partial charge is 0.466 e. The molecule has 1 aromatic carbocycles. The SMILES string of the molecule is CCOC(=O)CC1C(=O)NCCN1S(=O)(=O)c1ccc([N+](=O)[O-])cc1. The van der Waals surface area contributed by atoms with Crippen LogP contribution in [0.25, 0.3) is 0 Å². The van der Waals surface area contributed by atoms with Crippen LogP contribution in [-0.2, 0) is 24.3 Å². The Morgan fingerprint density at radius 2 is 2.04 bits per heavy atom. The number of benzene rings is 1.